The molecule has 0 saturated carbocycles. The number of nitrogens with one attached hydrogen (secondary N) is 1. The minimum Gasteiger partial charge on any atom is -0.497 e. The Morgan fingerprint density at radius 3 is 2.44 bits per heavy atom. The van der Waals surface area contributed by atoms with Crippen LogP contribution in [-0.2, 0) is 9.59 Å². The van der Waals surface area contributed by atoms with Crippen LogP contribution in [0.5, 0.6) is 11.5 Å². The number of methoxy groups -OCH3 is 2. The van der Waals surface area contributed by atoms with Crippen LogP contribution in [0.15, 0.2) is 18.2 Å². The van der Waals surface area contributed by atoms with Crippen molar-refractivity contribution in [3.63, 3.8) is 0 Å². The number of amides is 2. The van der Waals surface area contributed by atoms with Gasteiger partial charge in [0.2, 0.25) is 11.8 Å². The standard InChI is InChI=1S/C20H29N3O4/c1-13-9-14(5-7-21-13)19(24)22(2)18-6-8-23(20(18)25)15-10-16(26-3)12-17(11-15)27-4/h10-14,18,21H,5-9H2,1-4H3/t13-,14-,18?/m0/s1. The van der Waals surface area contributed by atoms with Crippen molar-refractivity contribution in [2.24, 2.45) is 5.92 Å². The summed E-state index contributed by atoms with van der Waals surface area (Å²) in [7, 11) is 4.92. The van der Waals surface area contributed by atoms with Crippen LogP contribution in [-0.4, -0.2) is 63.2 Å². The molecule has 0 spiro atoms. The zero-order valence-electron chi connectivity index (χ0n) is 16.5. The van der Waals surface area contributed by atoms with Crippen molar-refractivity contribution >= 4 is 17.5 Å². The van der Waals surface area contributed by atoms with Crippen LogP contribution in [0.25, 0.3) is 0 Å². The predicted octanol–water partition coefficient (Wildman–Crippen LogP) is 1.66. The molecule has 27 heavy (non-hydrogen) atoms. The van der Waals surface area contributed by atoms with E-state index in [1.165, 1.54) is 0 Å². The molecular formula is C20H29N3O4. The Balaban J connectivity index is 1.73. The maximum absolute atomic E-state index is 13.0. The molecule has 1 unspecified atom stereocenters. The quantitative estimate of drug-likeness (QED) is 0.847. The Labute approximate surface area is 160 Å². The van der Waals surface area contributed by atoms with Gasteiger partial charge in [-0.3, -0.25) is 9.59 Å². The molecular weight excluding hydrogens is 346 g/mol. The van der Waals surface area contributed by atoms with Gasteiger partial charge in [0.25, 0.3) is 0 Å². The second-order valence-electron chi connectivity index (χ2n) is 7.39. The molecule has 1 aromatic rings. The van der Waals surface area contributed by atoms with Crippen LogP contribution in [0.3, 0.4) is 0 Å². The number of ether oxygens (including phenoxy) is 2. The van der Waals surface area contributed by atoms with Crippen molar-refractivity contribution in [3.8, 4) is 11.5 Å². The van der Waals surface area contributed by atoms with Crippen LogP contribution < -0.4 is 19.7 Å². The van der Waals surface area contributed by atoms with Gasteiger partial charge < -0.3 is 24.6 Å². The first-order valence-corrected chi connectivity index (χ1v) is 9.49. The summed E-state index contributed by atoms with van der Waals surface area (Å²) in [5, 5.41) is 3.36. The summed E-state index contributed by atoms with van der Waals surface area (Å²) in [6, 6.07) is 5.33. The molecule has 3 rings (SSSR count). The molecule has 2 fully saturated rings. The number of rotatable bonds is 5. The third-order valence-electron chi connectivity index (χ3n) is 5.61. The first-order chi connectivity index (χ1) is 12.9. The van der Waals surface area contributed by atoms with Gasteiger partial charge in [-0.2, -0.15) is 0 Å². The zero-order chi connectivity index (χ0) is 19.6. The number of likely N-dealkylation sites (N-methyl/N-ethyl adjacent to an activating group) is 1. The van der Waals surface area contributed by atoms with Gasteiger partial charge >= 0.3 is 0 Å². The molecule has 3 atom stereocenters. The predicted molar refractivity (Wildman–Crippen MR) is 103 cm³/mol. The molecule has 0 bridgehead atoms. The molecule has 2 aliphatic heterocycles. The highest BCUT2D eigenvalue weighted by Crippen LogP contribution is 2.32. The molecule has 148 valence electrons. The summed E-state index contributed by atoms with van der Waals surface area (Å²) in [5.41, 5.74) is 0.732. The van der Waals surface area contributed by atoms with Crippen LogP contribution in [0, 0.1) is 5.92 Å². The third kappa shape index (κ3) is 4.03. The molecule has 0 aromatic heterocycles. The second kappa shape index (κ2) is 8.17. The van der Waals surface area contributed by atoms with E-state index in [-0.39, 0.29) is 17.7 Å². The van der Waals surface area contributed by atoms with Gasteiger partial charge in [-0.05, 0) is 32.7 Å². The molecule has 1 N–H and O–H groups in total. The van der Waals surface area contributed by atoms with E-state index in [2.05, 4.69) is 12.2 Å². The average Bonchev–Trinajstić information content (AvgIpc) is 3.07. The Bertz CT molecular complexity index is 686. The lowest BCUT2D eigenvalue weighted by Gasteiger charge is -2.32. The summed E-state index contributed by atoms with van der Waals surface area (Å²) < 4.78 is 10.6. The topological polar surface area (TPSA) is 71.1 Å². The van der Waals surface area contributed by atoms with E-state index in [9.17, 15) is 9.59 Å². The normalized spacial score (nSPS) is 25.4. The van der Waals surface area contributed by atoms with Gasteiger partial charge in [0.1, 0.15) is 17.5 Å². The minimum absolute atomic E-state index is 0.00925. The van der Waals surface area contributed by atoms with Crippen molar-refractivity contribution in [1.82, 2.24) is 10.2 Å². The van der Waals surface area contributed by atoms with E-state index in [0.717, 1.165) is 25.1 Å². The molecule has 7 nitrogen and oxygen atoms in total. The first kappa shape index (κ1) is 19.5. The smallest absolute Gasteiger partial charge is 0.249 e. The van der Waals surface area contributed by atoms with E-state index in [1.807, 2.05) is 12.1 Å². The third-order valence-corrected chi connectivity index (χ3v) is 5.61. The highest BCUT2D eigenvalue weighted by Gasteiger charge is 2.39. The number of nitrogens with zero attached hydrogens (tertiary/aromatic N) is 2. The molecule has 0 radical (unpaired) electrons. The van der Waals surface area contributed by atoms with Gasteiger partial charge in [-0.1, -0.05) is 0 Å². The molecule has 2 saturated heterocycles. The Morgan fingerprint density at radius 1 is 1.19 bits per heavy atom. The number of hydrogen-bond donors (Lipinski definition) is 1. The van der Waals surface area contributed by atoms with E-state index < -0.39 is 6.04 Å². The van der Waals surface area contributed by atoms with Crippen molar-refractivity contribution in [2.75, 3.05) is 39.3 Å². The monoisotopic (exact) mass is 375 g/mol. The van der Waals surface area contributed by atoms with Gasteiger partial charge in [-0.25, -0.2) is 0 Å². The molecule has 2 aliphatic rings. The maximum Gasteiger partial charge on any atom is 0.249 e. The fourth-order valence-electron chi connectivity index (χ4n) is 4.03. The SMILES string of the molecule is COc1cc(OC)cc(N2CCC(N(C)C(=O)[C@H]3CCN[C@@H](C)C3)C2=O)c1. The lowest BCUT2D eigenvalue weighted by Crippen LogP contribution is -2.48. The zero-order valence-corrected chi connectivity index (χ0v) is 16.5. The Hall–Kier alpha value is -2.28. The molecule has 1 aromatic carbocycles. The van der Waals surface area contributed by atoms with Crippen LogP contribution >= 0.6 is 0 Å². The van der Waals surface area contributed by atoms with Gasteiger partial charge in [0.05, 0.1) is 19.9 Å². The van der Waals surface area contributed by atoms with Gasteiger partial charge in [0.15, 0.2) is 0 Å². The Morgan fingerprint density at radius 2 is 1.85 bits per heavy atom. The number of piperidine rings is 1. The van der Waals surface area contributed by atoms with E-state index in [0.29, 0.717) is 30.5 Å². The fourth-order valence-corrected chi connectivity index (χ4v) is 4.03. The molecule has 0 aliphatic carbocycles. The van der Waals surface area contributed by atoms with E-state index in [4.69, 9.17) is 9.47 Å². The highest BCUT2D eigenvalue weighted by atomic mass is 16.5. The highest BCUT2D eigenvalue weighted by molar-refractivity contribution is 6.01. The number of carbonyl (C=O) groups is 2. The van der Waals surface area contributed by atoms with Crippen molar-refractivity contribution in [3.05, 3.63) is 18.2 Å². The van der Waals surface area contributed by atoms with Crippen molar-refractivity contribution < 1.29 is 19.1 Å². The van der Waals surface area contributed by atoms with Crippen LogP contribution in [0.1, 0.15) is 26.2 Å². The van der Waals surface area contributed by atoms with Crippen LogP contribution in [0.2, 0.25) is 0 Å². The summed E-state index contributed by atoms with van der Waals surface area (Å²) in [6.45, 7) is 3.51. The lowest BCUT2D eigenvalue weighted by atomic mass is 9.91. The van der Waals surface area contributed by atoms with Crippen molar-refractivity contribution in [2.45, 2.75) is 38.3 Å². The largest absolute Gasteiger partial charge is 0.497 e. The number of hydrogen-bond acceptors (Lipinski definition) is 5. The summed E-state index contributed by atoms with van der Waals surface area (Å²) in [6.07, 6.45) is 2.27. The second-order valence-corrected chi connectivity index (χ2v) is 7.39. The van der Waals surface area contributed by atoms with E-state index in [1.54, 1.807) is 37.1 Å². The number of anilines is 1. The average molecular weight is 375 g/mol. The van der Waals surface area contributed by atoms with Gasteiger partial charge in [-0.15, -0.1) is 0 Å². The summed E-state index contributed by atoms with van der Waals surface area (Å²) >= 11 is 0. The fraction of sp³-hybridized carbons (Fsp3) is 0.600. The molecule has 7 heteroatoms. The number of benzene rings is 1. The van der Waals surface area contributed by atoms with Crippen LogP contribution in [0.4, 0.5) is 5.69 Å². The Kier molecular flexibility index (Phi) is 5.89. The molecule has 2 amide bonds. The summed E-state index contributed by atoms with van der Waals surface area (Å²) in [5.74, 6) is 1.28. The minimum atomic E-state index is -0.417. The lowest BCUT2D eigenvalue weighted by molar-refractivity contribution is -0.141. The maximum atomic E-state index is 13.0. The van der Waals surface area contributed by atoms with E-state index >= 15 is 0 Å². The number of carbonyl (C=O) groups excluding carboxylic acids is 2. The summed E-state index contributed by atoms with van der Waals surface area (Å²) in [4.78, 5) is 29.3. The molecule has 2 heterocycles. The van der Waals surface area contributed by atoms with Gasteiger partial charge in [0, 0.05) is 43.8 Å². The van der Waals surface area contributed by atoms with Crippen molar-refractivity contribution in [1.29, 1.82) is 0 Å². The first-order valence-electron chi connectivity index (χ1n) is 9.49.